The third kappa shape index (κ3) is 3.03. The lowest BCUT2D eigenvalue weighted by Gasteiger charge is -2.01. The fourth-order valence-corrected chi connectivity index (χ4v) is 3.65. The van der Waals surface area contributed by atoms with Crippen molar-refractivity contribution in [3.05, 3.63) is 46.9 Å². The number of nitrogens with zero attached hydrogens (tertiary/aromatic N) is 2. The Balaban J connectivity index is 1.94. The first-order chi connectivity index (χ1) is 10.3. The van der Waals surface area contributed by atoms with Crippen LogP contribution in [0.3, 0.4) is 0 Å². The minimum absolute atomic E-state index is 0.255. The second-order valence-corrected chi connectivity index (χ2v) is 7.88. The molecule has 116 valence electrons. The molecule has 0 unspecified atom stereocenters. The van der Waals surface area contributed by atoms with Crippen molar-refractivity contribution < 1.29 is 12.8 Å². The molecule has 2 heterocycles. The van der Waals surface area contributed by atoms with E-state index in [4.69, 9.17) is 0 Å². The number of hydrogen-bond acceptors (Lipinski definition) is 4. The van der Waals surface area contributed by atoms with E-state index in [0.717, 1.165) is 33.0 Å². The zero-order valence-corrected chi connectivity index (χ0v) is 13.6. The minimum Gasteiger partial charge on any atom is -0.294 e. The largest absolute Gasteiger partial charge is 0.294 e. The molecule has 22 heavy (non-hydrogen) atoms. The zero-order chi connectivity index (χ0) is 15.9. The first-order valence-corrected chi connectivity index (χ1v) is 9.22. The molecule has 0 atom stereocenters. The normalized spacial score (nSPS) is 12.1. The lowest BCUT2D eigenvalue weighted by Crippen LogP contribution is -2.21. The van der Waals surface area contributed by atoms with E-state index in [1.807, 2.05) is 17.5 Å². The van der Waals surface area contributed by atoms with Crippen LogP contribution >= 0.6 is 11.3 Å². The predicted molar refractivity (Wildman–Crippen MR) is 84.9 cm³/mol. The van der Waals surface area contributed by atoms with Gasteiger partial charge in [-0.1, -0.05) is 11.3 Å². The summed E-state index contributed by atoms with van der Waals surface area (Å²) in [6, 6.07) is 6.17. The van der Waals surface area contributed by atoms with E-state index < -0.39 is 10.0 Å². The number of aryl methyl sites for hydroxylation is 1. The molecule has 0 amide bonds. The summed E-state index contributed by atoms with van der Waals surface area (Å²) in [6.07, 6.45) is 3.01. The summed E-state index contributed by atoms with van der Waals surface area (Å²) in [6.45, 7) is 2.17. The van der Waals surface area contributed by atoms with Gasteiger partial charge in [0.2, 0.25) is 10.0 Å². The van der Waals surface area contributed by atoms with E-state index in [9.17, 15) is 12.8 Å². The van der Waals surface area contributed by atoms with Crippen molar-refractivity contribution in [3.8, 4) is 11.3 Å². The van der Waals surface area contributed by atoms with E-state index in [2.05, 4.69) is 9.71 Å². The van der Waals surface area contributed by atoms with E-state index in [1.54, 1.807) is 12.1 Å². The van der Waals surface area contributed by atoms with Gasteiger partial charge < -0.3 is 0 Å². The Morgan fingerprint density at radius 3 is 2.59 bits per heavy atom. The maximum absolute atomic E-state index is 13.0. The third-order valence-electron chi connectivity index (χ3n) is 3.29. The maximum Gasteiger partial charge on any atom is 0.209 e. The van der Waals surface area contributed by atoms with Gasteiger partial charge in [-0.15, -0.1) is 0 Å². The Morgan fingerprint density at radius 2 is 2.00 bits per heavy atom. The summed E-state index contributed by atoms with van der Waals surface area (Å²) in [4.78, 5) is 6.22. The Hall–Kier alpha value is -1.77. The average molecular weight is 339 g/mol. The van der Waals surface area contributed by atoms with Gasteiger partial charge in [-0.05, 0) is 31.2 Å². The number of benzene rings is 1. The van der Waals surface area contributed by atoms with Gasteiger partial charge in [0, 0.05) is 28.9 Å². The van der Waals surface area contributed by atoms with Crippen LogP contribution in [0.1, 0.15) is 10.6 Å². The van der Waals surface area contributed by atoms with Gasteiger partial charge in [0.25, 0.3) is 0 Å². The minimum atomic E-state index is -3.22. The summed E-state index contributed by atoms with van der Waals surface area (Å²) in [5.41, 5.74) is 2.54. The standard InChI is InChI=1S/C14H14FN3O2S2/c1-9-13(7-16-22(2,19)20)21-14-17-12(8-18(9)14)10-3-5-11(15)6-4-10/h3-6,8,16H,7H2,1-2H3. The molecule has 0 saturated carbocycles. The van der Waals surface area contributed by atoms with Crippen molar-refractivity contribution in [3.63, 3.8) is 0 Å². The molecule has 1 N–H and O–H groups in total. The van der Waals surface area contributed by atoms with E-state index in [0.29, 0.717) is 0 Å². The molecule has 3 aromatic rings. The Bertz CT molecular complexity index is 927. The maximum atomic E-state index is 13.0. The lowest BCUT2D eigenvalue weighted by atomic mass is 10.2. The number of nitrogens with one attached hydrogen (secondary N) is 1. The first-order valence-electron chi connectivity index (χ1n) is 6.51. The van der Waals surface area contributed by atoms with Gasteiger partial charge in [-0.2, -0.15) is 0 Å². The lowest BCUT2D eigenvalue weighted by molar-refractivity contribution is 0.588. The van der Waals surface area contributed by atoms with Gasteiger partial charge in [0.1, 0.15) is 5.82 Å². The van der Waals surface area contributed by atoms with Crippen LogP contribution in [0.4, 0.5) is 4.39 Å². The highest BCUT2D eigenvalue weighted by atomic mass is 32.2. The van der Waals surface area contributed by atoms with Crippen LogP contribution in [-0.2, 0) is 16.6 Å². The summed E-state index contributed by atoms with van der Waals surface area (Å²) in [5.74, 6) is -0.282. The van der Waals surface area contributed by atoms with E-state index in [1.165, 1.54) is 23.5 Å². The molecule has 0 bridgehead atoms. The van der Waals surface area contributed by atoms with E-state index >= 15 is 0 Å². The van der Waals surface area contributed by atoms with Crippen LogP contribution in [0, 0.1) is 12.7 Å². The SMILES string of the molecule is Cc1c(CNS(C)(=O)=O)sc2nc(-c3ccc(F)cc3)cn12. The molecule has 5 nitrogen and oxygen atoms in total. The highest BCUT2D eigenvalue weighted by Crippen LogP contribution is 2.27. The van der Waals surface area contributed by atoms with Crippen LogP contribution in [0.15, 0.2) is 30.5 Å². The smallest absolute Gasteiger partial charge is 0.209 e. The molecule has 0 aliphatic rings. The molecule has 0 aliphatic heterocycles. The summed E-state index contributed by atoms with van der Waals surface area (Å²) >= 11 is 1.43. The van der Waals surface area contributed by atoms with Gasteiger partial charge in [-0.3, -0.25) is 4.40 Å². The molecule has 3 rings (SSSR count). The van der Waals surface area contributed by atoms with Gasteiger partial charge in [0.05, 0.1) is 11.9 Å². The van der Waals surface area contributed by atoms with Crippen molar-refractivity contribution in [2.75, 3.05) is 6.26 Å². The number of thiazole rings is 1. The topological polar surface area (TPSA) is 63.5 Å². The second-order valence-electron chi connectivity index (χ2n) is 4.99. The number of fused-ring (bicyclic) bond motifs is 1. The van der Waals surface area contributed by atoms with E-state index in [-0.39, 0.29) is 12.4 Å². The predicted octanol–water partition coefficient (Wildman–Crippen LogP) is 2.56. The number of halogens is 1. The molecular weight excluding hydrogens is 325 g/mol. The molecule has 0 fully saturated rings. The van der Waals surface area contributed by atoms with Crippen LogP contribution in [0.5, 0.6) is 0 Å². The van der Waals surface area contributed by atoms with Gasteiger partial charge >= 0.3 is 0 Å². The molecule has 0 aliphatic carbocycles. The van der Waals surface area contributed by atoms with Crippen LogP contribution in [0.25, 0.3) is 16.2 Å². The average Bonchev–Trinajstić information content (AvgIpc) is 2.97. The van der Waals surface area contributed by atoms with Crippen molar-refractivity contribution in [1.29, 1.82) is 0 Å². The Labute approximate surface area is 131 Å². The van der Waals surface area contributed by atoms with Crippen molar-refractivity contribution >= 4 is 26.3 Å². The highest BCUT2D eigenvalue weighted by Gasteiger charge is 2.13. The van der Waals surface area contributed by atoms with Crippen molar-refractivity contribution in [1.82, 2.24) is 14.1 Å². The number of imidazole rings is 1. The van der Waals surface area contributed by atoms with Gasteiger partial charge in [-0.25, -0.2) is 22.5 Å². The Morgan fingerprint density at radius 1 is 1.32 bits per heavy atom. The monoisotopic (exact) mass is 339 g/mol. The zero-order valence-electron chi connectivity index (χ0n) is 12.0. The fourth-order valence-electron chi connectivity index (χ4n) is 2.11. The van der Waals surface area contributed by atoms with Crippen LogP contribution in [0.2, 0.25) is 0 Å². The summed E-state index contributed by atoms with van der Waals surface area (Å²) in [5, 5.41) is 0. The number of rotatable bonds is 4. The molecule has 8 heteroatoms. The molecule has 0 saturated heterocycles. The van der Waals surface area contributed by atoms with Crippen molar-refractivity contribution in [2.24, 2.45) is 0 Å². The molecule has 0 spiro atoms. The second kappa shape index (κ2) is 5.45. The number of hydrogen-bond donors (Lipinski definition) is 1. The molecule has 0 radical (unpaired) electrons. The quantitative estimate of drug-likeness (QED) is 0.794. The summed E-state index contributed by atoms with van der Waals surface area (Å²) < 4.78 is 39.7. The molecule has 1 aromatic carbocycles. The Kier molecular flexibility index (Phi) is 3.75. The third-order valence-corrected chi connectivity index (χ3v) is 5.11. The van der Waals surface area contributed by atoms with Gasteiger partial charge in [0.15, 0.2) is 4.96 Å². The number of sulfonamides is 1. The summed E-state index contributed by atoms with van der Waals surface area (Å²) in [7, 11) is -3.22. The molecule has 2 aromatic heterocycles. The fraction of sp³-hybridized carbons (Fsp3) is 0.214. The van der Waals surface area contributed by atoms with Crippen molar-refractivity contribution in [2.45, 2.75) is 13.5 Å². The molecular formula is C14H14FN3O2S2. The first kappa shape index (κ1) is 15.1. The van der Waals surface area contributed by atoms with Crippen LogP contribution < -0.4 is 4.72 Å². The van der Waals surface area contributed by atoms with Crippen LogP contribution in [-0.4, -0.2) is 24.1 Å². The highest BCUT2D eigenvalue weighted by molar-refractivity contribution is 7.88. The number of aromatic nitrogens is 2.